The fourth-order valence-electron chi connectivity index (χ4n) is 5.48. The van der Waals surface area contributed by atoms with Crippen LogP contribution >= 0.6 is 23.4 Å². The predicted molar refractivity (Wildman–Crippen MR) is 112 cm³/mol. The number of carbonyl (C=O) groups is 1. The van der Waals surface area contributed by atoms with E-state index >= 15 is 0 Å². The van der Waals surface area contributed by atoms with Gasteiger partial charge in [-0.2, -0.15) is 4.99 Å². The molecule has 0 radical (unpaired) electrons. The number of fused-ring (bicyclic) bond motifs is 3. The van der Waals surface area contributed by atoms with Crippen LogP contribution < -0.4 is 0 Å². The Labute approximate surface area is 174 Å². The average Bonchev–Trinajstić information content (AvgIpc) is 3.36. The van der Waals surface area contributed by atoms with Gasteiger partial charge in [-0.15, -0.1) is 0 Å². The molecule has 150 valence electrons. The number of benzene rings is 1. The summed E-state index contributed by atoms with van der Waals surface area (Å²) in [6, 6.07) is 7.62. The maximum absolute atomic E-state index is 12.7. The molecule has 2 aliphatic heterocycles. The van der Waals surface area contributed by atoms with Crippen LogP contribution in [0, 0.1) is 11.8 Å². The van der Waals surface area contributed by atoms with Crippen molar-refractivity contribution in [1.29, 1.82) is 0 Å². The third-order valence-electron chi connectivity index (χ3n) is 6.68. The molecule has 0 aromatic heterocycles. The summed E-state index contributed by atoms with van der Waals surface area (Å²) >= 11 is 7.68. The summed E-state index contributed by atoms with van der Waals surface area (Å²) in [5.74, 6) is 1.52. The van der Waals surface area contributed by atoms with Crippen molar-refractivity contribution in [2.45, 2.75) is 49.4 Å². The molecule has 0 spiro atoms. The molecule has 2 saturated carbocycles. The molecule has 5 rings (SSSR count). The Bertz CT molecular complexity index is 949. The minimum absolute atomic E-state index is 0.00371. The summed E-state index contributed by atoms with van der Waals surface area (Å²) in [6.45, 7) is 0. The third kappa shape index (κ3) is 3.39. The first-order chi connectivity index (χ1) is 13.4. The van der Waals surface area contributed by atoms with Crippen LogP contribution in [0.1, 0.15) is 31.2 Å². The number of nitrogens with zero attached hydrogens (tertiary/aromatic N) is 2. The molecule has 2 heterocycles. The predicted octanol–water partition coefficient (Wildman–Crippen LogP) is 3.17. The minimum Gasteiger partial charge on any atom is -0.343 e. The average molecular weight is 439 g/mol. The van der Waals surface area contributed by atoms with Crippen LogP contribution in [0.15, 0.2) is 29.3 Å². The van der Waals surface area contributed by atoms with Crippen LogP contribution in [-0.4, -0.2) is 53.2 Å². The topological polar surface area (TPSA) is 66.8 Å². The fraction of sp³-hybridized carbons (Fsp3) is 0.600. The fourth-order valence-corrected chi connectivity index (χ4v) is 9.67. The number of sulfone groups is 1. The van der Waals surface area contributed by atoms with E-state index in [1.165, 1.54) is 31.0 Å². The second kappa shape index (κ2) is 7.03. The summed E-state index contributed by atoms with van der Waals surface area (Å²) in [6.07, 6.45) is 5.00. The van der Waals surface area contributed by atoms with Crippen molar-refractivity contribution in [2.75, 3.05) is 11.5 Å². The van der Waals surface area contributed by atoms with Gasteiger partial charge in [0, 0.05) is 16.3 Å². The number of halogens is 1. The van der Waals surface area contributed by atoms with Crippen molar-refractivity contribution < 1.29 is 13.2 Å². The normalized spacial score (nSPS) is 37.0. The van der Waals surface area contributed by atoms with Gasteiger partial charge in [-0.1, -0.05) is 48.0 Å². The molecule has 2 bridgehead atoms. The van der Waals surface area contributed by atoms with Crippen molar-refractivity contribution in [3.8, 4) is 0 Å². The van der Waals surface area contributed by atoms with Crippen LogP contribution in [0.4, 0.5) is 0 Å². The Hall–Kier alpha value is -1.05. The summed E-state index contributed by atoms with van der Waals surface area (Å²) in [4.78, 5) is 19.4. The molecule has 5 unspecified atom stereocenters. The van der Waals surface area contributed by atoms with E-state index in [1.54, 1.807) is 6.07 Å². The molecule has 2 aliphatic carbocycles. The maximum atomic E-state index is 12.7. The second-order valence-corrected chi connectivity index (χ2v) is 12.3. The van der Waals surface area contributed by atoms with Crippen molar-refractivity contribution >= 4 is 44.3 Å². The van der Waals surface area contributed by atoms with E-state index in [4.69, 9.17) is 11.6 Å². The van der Waals surface area contributed by atoms with Crippen LogP contribution in [0.3, 0.4) is 0 Å². The maximum Gasteiger partial charge on any atom is 0.252 e. The van der Waals surface area contributed by atoms with Gasteiger partial charge >= 0.3 is 0 Å². The van der Waals surface area contributed by atoms with Gasteiger partial charge < -0.3 is 4.90 Å². The van der Waals surface area contributed by atoms with E-state index in [-0.39, 0.29) is 35.1 Å². The molecular weight excluding hydrogens is 416 g/mol. The highest BCUT2D eigenvalue weighted by atomic mass is 35.5. The van der Waals surface area contributed by atoms with Crippen molar-refractivity contribution in [3.63, 3.8) is 0 Å². The molecule has 1 amide bonds. The van der Waals surface area contributed by atoms with E-state index in [2.05, 4.69) is 9.89 Å². The number of thioether (sulfide) groups is 1. The van der Waals surface area contributed by atoms with Crippen LogP contribution in [-0.2, 0) is 21.1 Å². The number of amides is 1. The third-order valence-corrected chi connectivity index (χ3v) is 10.3. The molecular formula is C20H23ClN2O3S2. The Morgan fingerprint density at radius 3 is 2.71 bits per heavy atom. The zero-order chi connectivity index (χ0) is 19.5. The molecule has 0 N–H and O–H groups in total. The van der Waals surface area contributed by atoms with E-state index in [9.17, 15) is 13.2 Å². The molecule has 8 heteroatoms. The summed E-state index contributed by atoms with van der Waals surface area (Å²) in [7, 11) is -3.01. The minimum atomic E-state index is -3.01. The van der Waals surface area contributed by atoms with Crippen molar-refractivity contribution in [2.24, 2.45) is 16.8 Å². The Morgan fingerprint density at radius 2 is 2.00 bits per heavy atom. The van der Waals surface area contributed by atoms with Crippen LogP contribution in [0.25, 0.3) is 0 Å². The first kappa shape index (κ1) is 18.9. The van der Waals surface area contributed by atoms with E-state index < -0.39 is 9.84 Å². The van der Waals surface area contributed by atoms with Gasteiger partial charge in [-0.3, -0.25) is 4.79 Å². The lowest BCUT2D eigenvalue weighted by Gasteiger charge is -2.36. The van der Waals surface area contributed by atoms with Crippen LogP contribution in [0.5, 0.6) is 0 Å². The van der Waals surface area contributed by atoms with Gasteiger partial charge in [-0.05, 0) is 42.7 Å². The van der Waals surface area contributed by atoms with Crippen LogP contribution in [0.2, 0.25) is 5.02 Å². The number of aliphatic imine (C=N–C) groups is 1. The summed E-state index contributed by atoms with van der Waals surface area (Å²) in [5.41, 5.74) is 0.774. The van der Waals surface area contributed by atoms with E-state index in [0.29, 0.717) is 17.0 Å². The molecule has 28 heavy (non-hydrogen) atoms. The molecule has 4 fully saturated rings. The number of carbonyl (C=O) groups excluding carboxylic acids is 1. The van der Waals surface area contributed by atoms with E-state index in [1.807, 2.05) is 18.2 Å². The quantitative estimate of drug-likeness (QED) is 0.725. The van der Waals surface area contributed by atoms with Gasteiger partial charge in [0.2, 0.25) is 0 Å². The van der Waals surface area contributed by atoms with Gasteiger partial charge in [0.15, 0.2) is 15.0 Å². The highest BCUT2D eigenvalue weighted by molar-refractivity contribution is 8.15. The number of hydrogen-bond donors (Lipinski definition) is 0. The van der Waals surface area contributed by atoms with Gasteiger partial charge in [0.25, 0.3) is 5.91 Å². The van der Waals surface area contributed by atoms with Gasteiger partial charge in [0.05, 0.1) is 24.0 Å². The Morgan fingerprint density at radius 1 is 1.18 bits per heavy atom. The highest BCUT2D eigenvalue weighted by Gasteiger charge is 2.54. The summed E-state index contributed by atoms with van der Waals surface area (Å²) in [5, 5.41) is 1.30. The molecule has 4 aliphatic rings. The van der Waals surface area contributed by atoms with Crippen molar-refractivity contribution in [1.82, 2.24) is 4.90 Å². The summed E-state index contributed by atoms with van der Waals surface area (Å²) < 4.78 is 24.4. The largest absolute Gasteiger partial charge is 0.343 e. The highest BCUT2D eigenvalue weighted by Crippen LogP contribution is 2.51. The zero-order valence-electron chi connectivity index (χ0n) is 15.5. The monoisotopic (exact) mass is 438 g/mol. The zero-order valence-corrected chi connectivity index (χ0v) is 17.8. The number of hydrogen-bond acceptors (Lipinski definition) is 4. The lowest BCUT2D eigenvalue weighted by atomic mass is 9.93. The lowest BCUT2D eigenvalue weighted by molar-refractivity contribution is -0.117. The smallest absolute Gasteiger partial charge is 0.252 e. The molecule has 1 aromatic carbocycles. The Balaban J connectivity index is 1.42. The van der Waals surface area contributed by atoms with Gasteiger partial charge in [-0.25, -0.2) is 8.42 Å². The second-order valence-electron chi connectivity index (χ2n) is 8.51. The molecule has 1 aromatic rings. The van der Waals surface area contributed by atoms with Crippen molar-refractivity contribution in [3.05, 3.63) is 34.9 Å². The first-order valence-corrected chi connectivity index (χ1v) is 13.0. The SMILES string of the molecule is O=C(Cc1ccccc1Cl)N=C1SC2CS(=O)(=O)CC2N1C1CC2CCC1C2. The lowest BCUT2D eigenvalue weighted by Crippen LogP contribution is -2.47. The Kier molecular flexibility index (Phi) is 4.75. The molecule has 2 saturated heterocycles. The standard InChI is InChI=1S/C20H23ClN2O3S2/c21-15-4-2-1-3-13(15)9-19(24)22-20-23(16-8-12-5-6-14(16)7-12)17-10-28(25,26)11-18(17)27-20/h1-4,12,14,16-18H,5-11H2. The molecule has 5 atom stereocenters. The van der Waals surface area contributed by atoms with Gasteiger partial charge in [0.1, 0.15) is 0 Å². The van der Waals surface area contributed by atoms with E-state index in [0.717, 1.165) is 23.1 Å². The molecule has 5 nitrogen and oxygen atoms in total. The number of amidine groups is 1. The first-order valence-electron chi connectivity index (χ1n) is 9.90. The number of rotatable bonds is 3.